The quantitative estimate of drug-likeness (QED) is 0.356. The summed E-state index contributed by atoms with van der Waals surface area (Å²) in [6.07, 6.45) is 3.98. The molecule has 110 valence electrons. The number of nitrogens with two attached hydrogens (primary N) is 1. The van der Waals surface area contributed by atoms with Crippen molar-refractivity contribution < 1.29 is 9.53 Å². The molecule has 0 atom stereocenters. The second-order valence-corrected chi connectivity index (χ2v) is 5.13. The zero-order valence-corrected chi connectivity index (χ0v) is 11.8. The topological polar surface area (TPSA) is 67.6 Å². The molecule has 0 aromatic heterocycles. The van der Waals surface area contributed by atoms with Crippen LogP contribution in [-0.4, -0.2) is 37.0 Å². The molecule has 5 heteroatoms. The van der Waals surface area contributed by atoms with Crippen molar-refractivity contribution in [3.63, 3.8) is 0 Å². The van der Waals surface area contributed by atoms with E-state index in [9.17, 15) is 4.79 Å². The fourth-order valence-electron chi connectivity index (χ4n) is 2.40. The number of piperidine rings is 1. The number of nitrogens with zero attached hydrogens (tertiary/aromatic N) is 1. The highest BCUT2D eigenvalue weighted by molar-refractivity contribution is 5.93. The van der Waals surface area contributed by atoms with E-state index in [0.717, 1.165) is 18.7 Å². The summed E-state index contributed by atoms with van der Waals surface area (Å²) < 4.78 is 5.68. The third kappa shape index (κ3) is 4.59. The van der Waals surface area contributed by atoms with E-state index in [-0.39, 0.29) is 5.91 Å². The minimum Gasteiger partial charge on any atom is -0.375 e. The highest BCUT2D eigenvalue weighted by Crippen LogP contribution is 2.09. The SMILES string of the molecule is NNC(=O)c1ccc(COCCN2CCCCC2)cc1. The monoisotopic (exact) mass is 277 g/mol. The van der Waals surface area contributed by atoms with Crippen molar-refractivity contribution in [3.8, 4) is 0 Å². The van der Waals surface area contributed by atoms with Crippen LogP contribution >= 0.6 is 0 Å². The molecule has 0 unspecified atom stereocenters. The van der Waals surface area contributed by atoms with E-state index in [2.05, 4.69) is 10.3 Å². The molecule has 0 spiro atoms. The molecule has 1 saturated heterocycles. The van der Waals surface area contributed by atoms with Crippen LogP contribution in [-0.2, 0) is 11.3 Å². The van der Waals surface area contributed by atoms with E-state index in [0.29, 0.717) is 12.2 Å². The predicted molar refractivity (Wildman–Crippen MR) is 78.0 cm³/mol. The molecule has 1 aliphatic heterocycles. The molecule has 20 heavy (non-hydrogen) atoms. The molecule has 5 nitrogen and oxygen atoms in total. The summed E-state index contributed by atoms with van der Waals surface area (Å²) in [7, 11) is 0. The number of nitrogens with one attached hydrogen (secondary N) is 1. The molecule has 0 saturated carbocycles. The van der Waals surface area contributed by atoms with Gasteiger partial charge >= 0.3 is 0 Å². The Bertz CT molecular complexity index is 414. The van der Waals surface area contributed by atoms with Gasteiger partial charge in [0.05, 0.1) is 13.2 Å². The van der Waals surface area contributed by atoms with E-state index in [4.69, 9.17) is 10.6 Å². The molecule has 2 rings (SSSR count). The van der Waals surface area contributed by atoms with Crippen molar-refractivity contribution in [1.82, 2.24) is 10.3 Å². The number of nitrogen functional groups attached to an aromatic ring is 1. The molecule has 0 aliphatic carbocycles. The lowest BCUT2D eigenvalue weighted by Crippen LogP contribution is -2.32. The zero-order chi connectivity index (χ0) is 14.2. The maximum absolute atomic E-state index is 11.3. The number of amides is 1. The van der Waals surface area contributed by atoms with Gasteiger partial charge in [0.1, 0.15) is 0 Å². The van der Waals surface area contributed by atoms with Crippen molar-refractivity contribution >= 4 is 5.91 Å². The number of ether oxygens (including phenoxy) is 1. The summed E-state index contributed by atoms with van der Waals surface area (Å²) in [4.78, 5) is 13.7. The van der Waals surface area contributed by atoms with Crippen LogP contribution in [0.4, 0.5) is 0 Å². The average molecular weight is 277 g/mol. The van der Waals surface area contributed by atoms with E-state index in [1.165, 1.54) is 32.4 Å². The minimum absolute atomic E-state index is 0.275. The van der Waals surface area contributed by atoms with Crippen molar-refractivity contribution in [2.45, 2.75) is 25.9 Å². The summed E-state index contributed by atoms with van der Waals surface area (Å²) in [5, 5.41) is 0. The Morgan fingerprint density at radius 1 is 1.20 bits per heavy atom. The Morgan fingerprint density at radius 3 is 2.55 bits per heavy atom. The Hall–Kier alpha value is -1.43. The molecule has 1 aliphatic rings. The first-order chi connectivity index (χ1) is 9.79. The van der Waals surface area contributed by atoms with Crippen molar-refractivity contribution in [2.75, 3.05) is 26.2 Å². The fraction of sp³-hybridized carbons (Fsp3) is 0.533. The second kappa shape index (κ2) is 7.99. The molecule has 1 heterocycles. The van der Waals surface area contributed by atoms with Gasteiger partial charge in [-0.2, -0.15) is 0 Å². The highest BCUT2D eigenvalue weighted by Gasteiger charge is 2.09. The first-order valence-corrected chi connectivity index (χ1v) is 7.19. The summed E-state index contributed by atoms with van der Waals surface area (Å²) in [6, 6.07) is 7.30. The van der Waals surface area contributed by atoms with Crippen LogP contribution in [0.1, 0.15) is 35.2 Å². The number of hydrogen-bond donors (Lipinski definition) is 2. The van der Waals surface area contributed by atoms with Crippen LogP contribution in [0.2, 0.25) is 0 Å². The first-order valence-electron chi connectivity index (χ1n) is 7.19. The van der Waals surface area contributed by atoms with Crippen LogP contribution in [0, 0.1) is 0 Å². The zero-order valence-electron chi connectivity index (χ0n) is 11.8. The third-order valence-electron chi connectivity index (χ3n) is 3.62. The third-order valence-corrected chi connectivity index (χ3v) is 3.62. The van der Waals surface area contributed by atoms with E-state index < -0.39 is 0 Å². The first kappa shape index (κ1) is 15.0. The Balaban J connectivity index is 1.67. The number of carbonyl (C=O) groups is 1. The average Bonchev–Trinajstić information content (AvgIpc) is 2.52. The summed E-state index contributed by atoms with van der Waals surface area (Å²) in [5.74, 6) is 4.81. The maximum atomic E-state index is 11.3. The molecule has 1 amide bonds. The molecule has 1 fully saturated rings. The molecule has 0 bridgehead atoms. The van der Waals surface area contributed by atoms with Gasteiger partial charge in [0, 0.05) is 12.1 Å². The molecule has 1 aromatic rings. The number of carbonyl (C=O) groups excluding carboxylic acids is 1. The van der Waals surface area contributed by atoms with Crippen molar-refractivity contribution in [2.24, 2.45) is 5.84 Å². The molecule has 1 aromatic carbocycles. The van der Waals surface area contributed by atoms with Crippen molar-refractivity contribution in [1.29, 1.82) is 0 Å². The predicted octanol–water partition coefficient (Wildman–Crippen LogP) is 1.29. The van der Waals surface area contributed by atoms with Crippen molar-refractivity contribution in [3.05, 3.63) is 35.4 Å². The largest absolute Gasteiger partial charge is 0.375 e. The van der Waals surface area contributed by atoms with Gasteiger partial charge in [0.15, 0.2) is 0 Å². The van der Waals surface area contributed by atoms with Crippen LogP contribution in [0.25, 0.3) is 0 Å². The number of likely N-dealkylation sites (tertiary alicyclic amines) is 1. The molecule has 3 N–H and O–H groups in total. The molecular formula is C15H23N3O2. The Kier molecular flexibility index (Phi) is 5.98. The van der Waals surface area contributed by atoms with Gasteiger partial charge < -0.3 is 9.64 Å². The smallest absolute Gasteiger partial charge is 0.265 e. The van der Waals surface area contributed by atoms with E-state index >= 15 is 0 Å². The number of benzene rings is 1. The normalized spacial score (nSPS) is 16.1. The van der Waals surface area contributed by atoms with E-state index in [1.54, 1.807) is 12.1 Å². The molecular weight excluding hydrogens is 254 g/mol. The highest BCUT2D eigenvalue weighted by atomic mass is 16.5. The number of rotatable bonds is 6. The maximum Gasteiger partial charge on any atom is 0.265 e. The van der Waals surface area contributed by atoms with Crippen LogP contribution in [0.5, 0.6) is 0 Å². The fourth-order valence-corrected chi connectivity index (χ4v) is 2.40. The lowest BCUT2D eigenvalue weighted by atomic mass is 10.1. The van der Waals surface area contributed by atoms with Gasteiger partial charge in [-0.25, -0.2) is 5.84 Å². The van der Waals surface area contributed by atoms with Gasteiger partial charge in [-0.1, -0.05) is 18.6 Å². The van der Waals surface area contributed by atoms with Gasteiger partial charge in [-0.15, -0.1) is 0 Å². The Labute approximate surface area is 120 Å². The van der Waals surface area contributed by atoms with Crippen LogP contribution in [0.15, 0.2) is 24.3 Å². The van der Waals surface area contributed by atoms with Gasteiger partial charge in [0.2, 0.25) is 0 Å². The van der Waals surface area contributed by atoms with Crippen LogP contribution < -0.4 is 11.3 Å². The number of hydrogen-bond acceptors (Lipinski definition) is 4. The van der Waals surface area contributed by atoms with Gasteiger partial charge in [-0.05, 0) is 43.6 Å². The lowest BCUT2D eigenvalue weighted by molar-refractivity contribution is 0.0862. The molecule has 0 radical (unpaired) electrons. The number of hydrazine groups is 1. The Morgan fingerprint density at radius 2 is 1.90 bits per heavy atom. The lowest BCUT2D eigenvalue weighted by Gasteiger charge is -2.26. The van der Waals surface area contributed by atoms with Gasteiger partial charge in [-0.3, -0.25) is 10.2 Å². The second-order valence-electron chi connectivity index (χ2n) is 5.13. The summed E-state index contributed by atoms with van der Waals surface area (Å²) >= 11 is 0. The minimum atomic E-state index is -0.275. The standard InChI is InChI=1S/C15H23N3O2/c16-17-15(19)14-6-4-13(5-7-14)12-20-11-10-18-8-2-1-3-9-18/h4-7H,1-3,8-12,16H2,(H,17,19). The van der Waals surface area contributed by atoms with Crippen LogP contribution in [0.3, 0.4) is 0 Å². The van der Waals surface area contributed by atoms with E-state index in [1.807, 2.05) is 12.1 Å². The van der Waals surface area contributed by atoms with Gasteiger partial charge in [0.25, 0.3) is 5.91 Å². The summed E-state index contributed by atoms with van der Waals surface area (Å²) in [5.41, 5.74) is 3.74. The summed E-state index contributed by atoms with van der Waals surface area (Å²) in [6.45, 7) is 4.75.